The average Bonchev–Trinajstić information content (AvgIpc) is 3.23. The lowest BCUT2D eigenvalue weighted by Crippen LogP contribution is -2.54. The summed E-state index contributed by atoms with van der Waals surface area (Å²) in [5.74, 6) is -0.291. The number of nitrogens with one attached hydrogen (secondary N) is 1. The van der Waals surface area contributed by atoms with Crippen LogP contribution < -0.4 is 15.0 Å². The van der Waals surface area contributed by atoms with Crippen molar-refractivity contribution in [3.8, 4) is 11.4 Å². The molecule has 0 spiro atoms. The third-order valence-electron chi connectivity index (χ3n) is 6.98. The molecule has 0 unspecified atom stereocenters. The van der Waals surface area contributed by atoms with Crippen molar-refractivity contribution in [1.82, 2.24) is 9.88 Å². The fraction of sp³-hybridized carbons (Fsp3) is 0.156. The summed E-state index contributed by atoms with van der Waals surface area (Å²) < 4.78 is 7.98. The second-order valence-electron chi connectivity index (χ2n) is 9.66. The molecule has 0 atom stereocenters. The summed E-state index contributed by atoms with van der Waals surface area (Å²) in [6.07, 6.45) is 2.50. The number of amides is 2. The van der Waals surface area contributed by atoms with Crippen LogP contribution in [0.1, 0.15) is 35.0 Å². The van der Waals surface area contributed by atoms with Crippen molar-refractivity contribution in [2.24, 2.45) is 0 Å². The van der Waals surface area contributed by atoms with Crippen molar-refractivity contribution in [1.29, 1.82) is 0 Å². The number of anilines is 1. The van der Waals surface area contributed by atoms with E-state index in [1.165, 1.54) is 4.90 Å². The third kappa shape index (κ3) is 5.93. The van der Waals surface area contributed by atoms with Gasteiger partial charge in [0.15, 0.2) is 5.11 Å². The van der Waals surface area contributed by atoms with Crippen LogP contribution in [0.2, 0.25) is 10.0 Å². The Bertz CT molecular complexity index is 1690. The molecule has 208 valence electrons. The first-order valence-electron chi connectivity index (χ1n) is 13.0. The van der Waals surface area contributed by atoms with Crippen LogP contribution >= 0.6 is 35.4 Å². The molecule has 2 amide bonds. The van der Waals surface area contributed by atoms with Crippen LogP contribution in [0.3, 0.4) is 0 Å². The Morgan fingerprint density at radius 3 is 2.27 bits per heavy atom. The molecule has 0 saturated carbocycles. The predicted molar refractivity (Wildman–Crippen MR) is 168 cm³/mol. The number of hydrogen-bond acceptors (Lipinski definition) is 4. The van der Waals surface area contributed by atoms with E-state index < -0.39 is 11.8 Å². The molecule has 9 heteroatoms. The molecule has 1 aliphatic rings. The maximum Gasteiger partial charge on any atom is 0.270 e. The highest BCUT2D eigenvalue weighted by molar-refractivity contribution is 7.80. The Hall–Kier alpha value is -3.91. The van der Waals surface area contributed by atoms with Gasteiger partial charge < -0.3 is 9.30 Å². The lowest BCUT2D eigenvalue weighted by atomic mass is 10.1. The molecule has 0 bridgehead atoms. The smallest absolute Gasteiger partial charge is 0.270 e. The van der Waals surface area contributed by atoms with E-state index in [1.807, 2.05) is 74.5 Å². The zero-order valence-corrected chi connectivity index (χ0v) is 25.0. The number of benzene rings is 3. The third-order valence-corrected chi connectivity index (χ3v) is 7.85. The van der Waals surface area contributed by atoms with E-state index in [2.05, 4.69) is 16.8 Å². The Balaban J connectivity index is 1.38. The van der Waals surface area contributed by atoms with Crippen LogP contribution in [0.5, 0.6) is 5.75 Å². The van der Waals surface area contributed by atoms with E-state index >= 15 is 0 Å². The number of nitrogens with zero attached hydrogens (tertiary/aromatic N) is 2. The number of carbonyl (C=O) groups is 2. The number of ether oxygens (including phenoxy) is 1. The van der Waals surface area contributed by atoms with Crippen LogP contribution in [0.25, 0.3) is 11.8 Å². The monoisotopic (exact) mass is 603 g/mol. The summed E-state index contributed by atoms with van der Waals surface area (Å²) in [5, 5.41) is 3.85. The minimum Gasteiger partial charge on any atom is -0.489 e. The van der Waals surface area contributed by atoms with E-state index in [1.54, 1.807) is 18.2 Å². The van der Waals surface area contributed by atoms with Gasteiger partial charge in [0.1, 0.15) is 17.9 Å². The van der Waals surface area contributed by atoms with Gasteiger partial charge in [-0.3, -0.25) is 19.8 Å². The molecule has 1 saturated heterocycles. The van der Waals surface area contributed by atoms with Gasteiger partial charge in [-0.25, -0.2) is 0 Å². The van der Waals surface area contributed by atoms with E-state index in [0.717, 1.165) is 40.2 Å². The lowest BCUT2D eigenvalue weighted by Gasteiger charge is -2.29. The normalized spacial score (nSPS) is 14.5. The highest BCUT2D eigenvalue weighted by Gasteiger charge is 2.34. The zero-order valence-electron chi connectivity index (χ0n) is 22.7. The summed E-state index contributed by atoms with van der Waals surface area (Å²) >= 11 is 17.6. The molecule has 2 heterocycles. The summed E-state index contributed by atoms with van der Waals surface area (Å²) in [7, 11) is 0. The molecule has 1 N–H and O–H groups in total. The lowest BCUT2D eigenvalue weighted by molar-refractivity contribution is -0.122. The average molecular weight is 605 g/mol. The van der Waals surface area contributed by atoms with Gasteiger partial charge in [0, 0.05) is 32.7 Å². The zero-order chi connectivity index (χ0) is 29.3. The van der Waals surface area contributed by atoms with Crippen LogP contribution in [-0.2, 0) is 22.6 Å². The van der Waals surface area contributed by atoms with E-state index in [-0.39, 0.29) is 10.7 Å². The molecule has 3 aromatic carbocycles. The largest absolute Gasteiger partial charge is 0.489 e. The standard InChI is InChI=1S/C32H27Cl2N3O3S/c1-4-21-5-9-26(10-6-21)37-31(39)28(30(38)35-32(37)41)16-23-15-19(2)36(20(23)3)25-11-13-27(14-12-25)40-18-22-7-8-24(33)17-29(22)34/h5-17H,4,18H2,1-3H3,(H,35,38,41)/b28-16+. The van der Waals surface area contributed by atoms with Crippen LogP contribution in [0.15, 0.2) is 78.4 Å². The molecular weight excluding hydrogens is 577 g/mol. The Kier molecular flexibility index (Phi) is 8.31. The van der Waals surface area contributed by atoms with Crippen molar-refractivity contribution in [3.05, 3.63) is 116 Å². The first-order chi connectivity index (χ1) is 19.7. The van der Waals surface area contributed by atoms with Crippen LogP contribution in [0, 0.1) is 13.8 Å². The van der Waals surface area contributed by atoms with Crippen molar-refractivity contribution in [3.63, 3.8) is 0 Å². The van der Waals surface area contributed by atoms with Gasteiger partial charge in [-0.2, -0.15) is 0 Å². The molecule has 1 fully saturated rings. The molecule has 1 aliphatic heterocycles. The second-order valence-corrected chi connectivity index (χ2v) is 10.9. The number of aromatic nitrogens is 1. The molecule has 41 heavy (non-hydrogen) atoms. The number of aryl methyl sites for hydroxylation is 2. The molecule has 6 nitrogen and oxygen atoms in total. The maximum atomic E-state index is 13.5. The highest BCUT2D eigenvalue weighted by atomic mass is 35.5. The SMILES string of the molecule is CCc1ccc(N2C(=O)/C(=C/c3cc(C)n(-c4ccc(OCc5ccc(Cl)cc5Cl)cc4)c3C)C(=O)NC2=S)cc1. The molecule has 0 aliphatic carbocycles. The van der Waals surface area contributed by atoms with Crippen molar-refractivity contribution < 1.29 is 14.3 Å². The quantitative estimate of drug-likeness (QED) is 0.136. The van der Waals surface area contributed by atoms with Gasteiger partial charge in [-0.15, -0.1) is 0 Å². The fourth-order valence-corrected chi connectivity index (χ4v) is 5.49. The first-order valence-corrected chi connectivity index (χ1v) is 14.2. The molecule has 5 rings (SSSR count). The van der Waals surface area contributed by atoms with E-state index in [4.69, 9.17) is 40.2 Å². The molecular formula is C32H27Cl2N3O3S. The fourth-order valence-electron chi connectivity index (χ4n) is 4.75. The summed E-state index contributed by atoms with van der Waals surface area (Å²) in [6.45, 7) is 6.30. The Morgan fingerprint density at radius 2 is 1.61 bits per heavy atom. The molecule has 0 radical (unpaired) electrons. The maximum absolute atomic E-state index is 13.5. The predicted octanol–water partition coefficient (Wildman–Crippen LogP) is 7.37. The molecule has 1 aromatic heterocycles. The number of carbonyl (C=O) groups excluding carboxylic acids is 2. The number of rotatable bonds is 7. The van der Waals surface area contributed by atoms with Crippen molar-refractivity contribution in [2.75, 3.05) is 4.90 Å². The van der Waals surface area contributed by atoms with Gasteiger partial charge in [0.05, 0.1) is 5.69 Å². The first kappa shape index (κ1) is 28.6. The Morgan fingerprint density at radius 1 is 0.927 bits per heavy atom. The summed E-state index contributed by atoms with van der Waals surface area (Å²) in [6, 6.07) is 22.5. The van der Waals surface area contributed by atoms with Crippen LogP contribution in [0.4, 0.5) is 5.69 Å². The Labute approximate surface area is 254 Å². The van der Waals surface area contributed by atoms with Crippen molar-refractivity contribution in [2.45, 2.75) is 33.8 Å². The second kappa shape index (κ2) is 11.9. The van der Waals surface area contributed by atoms with Gasteiger partial charge in [-0.1, -0.05) is 48.3 Å². The summed E-state index contributed by atoms with van der Waals surface area (Å²) in [5.41, 5.74) is 6.10. The van der Waals surface area contributed by atoms with E-state index in [9.17, 15) is 9.59 Å². The van der Waals surface area contributed by atoms with Crippen LogP contribution in [-0.4, -0.2) is 21.5 Å². The van der Waals surface area contributed by atoms with Gasteiger partial charge in [0.2, 0.25) is 0 Å². The molecule has 4 aromatic rings. The summed E-state index contributed by atoms with van der Waals surface area (Å²) in [4.78, 5) is 27.7. The van der Waals surface area contributed by atoms with Crippen molar-refractivity contribution >= 4 is 64.1 Å². The van der Waals surface area contributed by atoms with Gasteiger partial charge in [-0.05, 0) is 104 Å². The van der Waals surface area contributed by atoms with Gasteiger partial charge in [0.25, 0.3) is 11.8 Å². The number of hydrogen-bond donors (Lipinski definition) is 1. The highest BCUT2D eigenvalue weighted by Crippen LogP contribution is 2.28. The number of halogens is 2. The van der Waals surface area contributed by atoms with E-state index in [0.29, 0.717) is 28.1 Å². The number of thiocarbonyl (C=S) groups is 1. The topological polar surface area (TPSA) is 63.6 Å². The minimum atomic E-state index is -0.520. The minimum absolute atomic E-state index is 0.0167. The van der Waals surface area contributed by atoms with Gasteiger partial charge >= 0.3 is 0 Å².